The lowest BCUT2D eigenvalue weighted by atomic mass is 10.1. The Hall–Kier alpha value is -2.08. The zero-order chi connectivity index (χ0) is 17.7. The lowest BCUT2D eigenvalue weighted by Gasteiger charge is -2.19. The van der Waals surface area contributed by atoms with E-state index in [1.807, 2.05) is 25.1 Å². The standard InChI is InChI=1S/C18H19BrFNO3/c1-12-4-6-16(23-3)13(8-12)10-21(2)18(22)11-24-17-7-5-14(20)9-15(17)19/h4-9H,10-11H2,1-3H3. The number of amides is 1. The van der Waals surface area contributed by atoms with Crippen LogP contribution in [0.5, 0.6) is 11.5 Å². The van der Waals surface area contributed by atoms with Crippen LogP contribution in [0.1, 0.15) is 11.1 Å². The fourth-order valence-corrected chi connectivity index (χ4v) is 2.68. The van der Waals surface area contributed by atoms with Crippen molar-refractivity contribution in [2.75, 3.05) is 20.8 Å². The first-order valence-corrected chi connectivity index (χ1v) is 8.15. The second-order valence-electron chi connectivity index (χ2n) is 5.43. The van der Waals surface area contributed by atoms with Crippen molar-refractivity contribution < 1.29 is 18.7 Å². The van der Waals surface area contributed by atoms with Gasteiger partial charge < -0.3 is 14.4 Å². The molecule has 0 aliphatic carbocycles. The van der Waals surface area contributed by atoms with Crippen LogP contribution in [0.25, 0.3) is 0 Å². The first-order valence-electron chi connectivity index (χ1n) is 7.36. The summed E-state index contributed by atoms with van der Waals surface area (Å²) < 4.78 is 24.3. The van der Waals surface area contributed by atoms with Crippen LogP contribution in [-0.2, 0) is 11.3 Å². The van der Waals surface area contributed by atoms with Gasteiger partial charge in [-0.1, -0.05) is 17.7 Å². The Morgan fingerprint density at radius 3 is 2.58 bits per heavy atom. The minimum Gasteiger partial charge on any atom is -0.496 e. The quantitative estimate of drug-likeness (QED) is 0.743. The Bertz CT molecular complexity index is 736. The molecule has 1 amide bonds. The molecule has 2 aromatic rings. The summed E-state index contributed by atoms with van der Waals surface area (Å²) in [5.74, 6) is 0.604. The van der Waals surface area contributed by atoms with Crippen molar-refractivity contribution in [2.45, 2.75) is 13.5 Å². The number of likely N-dealkylation sites (N-methyl/N-ethyl adjacent to an activating group) is 1. The van der Waals surface area contributed by atoms with Gasteiger partial charge in [-0.15, -0.1) is 0 Å². The van der Waals surface area contributed by atoms with Gasteiger partial charge in [0.25, 0.3) is 5.91 Å². The van der Waals surface area contributed by atoms with E-state index in [4.69, 9.17) is 9.47 Å². The first-order chi connectivity index (χ1) is 11.4. The molecular weight excluding hydrogens is 377 g/mol. The normalized spacial score (nSPS) is 10.4. The third kappa shape index (κ3) is 4.71. The van der Waals surface area contributed by atoms with E-state index in [0.29, 0.717) is 16.8 Å². The minimum atomic E-state index is -0.371. The molecule has 0 aliphatic heterocycles. The molecule has 0 unspecified atom stereocenters. The summed E-state index contributed by atoms with van der Waals surface area (Å²) in [4.78, 5) is 13.8. The number of nitrogens with zero attached hydrogens (tertiary/aromatic N) is 1. The number of carbonyl (C=O) groups is 1. The van der Waals surface area contributed by atoms with Gasteiger partial charge in [-0.25, -0.2) is 4.39 Å². The number of benzene rings is 2. The Labute approximate surface area is 149 Å². The van der Waals surface area contributed by atoms with Gasteiger partial charge in [0.2, 0.25) is 0 Å². The van der Waals surface area contributed by atoms with E-state index in [1.54, 1.807) is 19.1 Å². The molecule has 2 rings (SSSR count). The van der Waals surface area contributed by atoms with E-state index in [2.05, 4.69) is 15.9 Å². The number of aryl methyl sites for hydroxylation is 1. The van der Waals surface area contributed by atoms with E-state index in [-0.39, 0.29) is 18.3 Å². The number of hydrogen-bond donors (Lipinski definition) is 0. The highest BCUT2D eigenvalue weighted by Crippen LogP contribution is 2.25. The second-order valence-corrected chi connectivity index (χ2v) is 6.28. The lowest BCUT2D eigenvalue weighted by Crippen LogP contribution is -2.31. The maximum Gasteiger partial charge on any atom is 0.260 e. The highest BCUT2D eigenvalue weighted by Gasteiger charge is 2.14. The van der Waals surface area contributed by atoms with Gasteiger partial charge in [0.15, 0.2) is 6.61 Å². The van der Waals surface area contributed by atoms with Gasteiger partial charge in [0.1, 0.15) is 17.3 Å². The SMILES string of the molecule is COc1ccc(C)cc1CN(C)C(=O)COc1ccc(F)cc1Br. The fourth-order valence-electron chi connectivity index (χ4n) is 2.22. The summed E-state index contributed by atoms with van der Waals surface area (Å²) >= 11 is 3.21. The molecule has 0 radical (unpaired) electrons. The predicted molar refractivity (Wildman–Crippen MR) is 93.8 cm³/mol. The van der Waals surface area contributed by atoms with Gasteiger partial charge in [-0.05, 0) is 47.1 Å². The van der Waals surface area contributed by atoms with E-state index in [9.17, 15) is 9.18 Å². The number of methoxy groups -OCH3 is 1. The monoisotopic (exact) mass is 395 g/mol. The topological polar surface area (TPSA) is 38.8 Å². The molecular formula is C18H19BrFNO3. The average Bonchev–Trinajstić information content (AvgIpc) is 2.54. The molecule has 0 N–H and O–H groups in total. The molecule has 0 heterocycles. The van der Waals surface area contributed by atoms with Crippen LogP contribution >= 0.6 is 15.9 Å². The molecule has 4 nitrogen and oxygen atoms in total. The Balaban J connectivity index is 1.98. The second kappa shape index (κ2) is 8.15. The van der Waals surface area contributed by atoms with Gasteiger partial charge in [0, 0.05) is 19.2 Å². The van der Waals surface area contributed by atoms with E-state index >= 15 is 0 Å². The minimum absolute atomic E-state index is 0.130. The van der Waals surface area contributed by atoms with Crippen molar-refractivity contribution in [3.8, 4) is 11.5 Å². The summed E-state index contributed by atoms with van der Waals surface area (Å²) in [6, 6.07) is 9.89. The molecule has 0 atom stereocenters. The highest BCUT2D eigenvalue weighted by atomic mass is 79.9. The highest BCUT2D eigenvalue weighted by molar-refractivity contribution is 9.10. The summed E-state index contributed by atoms with van der Waals surface area (Å²) in [6.45, 7) is 2.27. The number of halogens is 2. The van der Waals surface area contributed by atoms with Crippen molar-refractivity contribution in [3.63, 3.8) is 0 Å². The zero-order valence-corrected chi connectivity index (χ0v) is 15.4. The molecule has 0 saturated carbocycles. The van der Waals surface area contributed by atoms with Gasteiger partial charge in [0.05, 0.1) is 11.6 Å². The Morgan fingerprint density at radius 2 is 1.92 bits per heavy atom. The van der Waals surface area contributed by atoms with Gasteiger partial charge >= 0.3 is 0 Å². The molecule has 0 aromatic heterocycles. The molecule has 0 bridgehead atoms. The molecule has 2 aromatic carbocycles. The molecule has 0 saturated heterocycles. The number of hydrogen-bond acceptors (Lipinski definition) is 3. The fraction of sp³-hybridized carbons (Fsp3) is 0.278. The van der Waals surface area contributed by atoms with Crippen LogP contribution < -0.4 is 9.47 Å². The van der Waals surface area contributed by atoms with Crippen molar-refractivity contribution in [1.29, 1.82) is 0 Å². The van der Waals surface area contributed by atoms with Crippen LogP contribution in [0.2, 0.25) is 0 Å². The third-order valence-electron chi connectivity index (χ3n) is 3.51. The molecule has 0 spiro atoms. The van der Waals surface area contributed by atoms with Crippen LogP contribution in [-0.4, -0.2) is 31.6 Å². The third-order valence-corrected chi connectivity index (χ3v) is 4.13. The molecule has 24 heavy (non-hydrogen) atoms. The predicted octanol–water partition coefficient (Wildman–Crippen LogP) is 3.94. The van der Waals surface area contributed by atoms with E-state index in [1.165, 1.54) is 18.2 Å². The van der Waals surface area contributed by atoms with Crippen molar-refractivity contribution in [3.05, 3.63) is 57.8 Å². The maximum atomic E-state index is 13.0. The zero-order valence-electron chi connectivity index (χ0n) is 13.8. The Kier molecular flexibility index (Phi) is 6.20. The van der Waals surface area contributed by atoms with Crippen molar-refractivity contribution in [1.82, 2.24) is 4.90 Å². The molecule has 6 heteroatoms. The molecule has 0 aliphatic rings. The summed E-state index contributed by atoms with van der Waals surface area (Å²) in [5, 5.41) is 0. The smallest absolute Gasteiger partial charge is 0.260 e. The number of rotatable bonds is 6. The van der Waals surface area contributed by atoms with Crippen LogP contribution in [0.3, 0.4) is 0 Å². The Morgan fingerprint density at radius 1 is 1.21 bits per heavy atom. The summed E-state index contributed by atoms with van der Waals surface area (Å²) in [5.41, 5.74) is 2.02. The average molecular weight is 396 g/mol. The summed E-state index contributed by atoms with van der Waals surface area (Å²) in [6.07, 6.45) is 0. The number of carbonyl (C=O) groups excluding carboxylic acids is 1. The lowest BCUT2D eigenvalue weighted by molar-refractivity contribution is -0.132. The largest absolute Gasteiger partial charge is 0.496 e. The maximum absolute atomic E-state index is 13.0. The van der Waals surface area contributed by atoms with Crippen molar-refractivity contribution >= 4 is 21.8 Å². The number of ether oxygens (including phenoxy) is 2. The first kappa shape index (κ1) is 18.3. The van der Waals surface area contributed by atoms with Crippen molar-refractivity contribution in [2.24, 2.45) is 0 Å². The van der Waals surface area contributed by atoms with Crippen LogP contribution in [0, 0.1) is 12.7 Å². The van der Waals surface area contributed by atoms with Gasteiger partial charge in [-0.2, -0.15) is 0 Å². The van der Waals surface area contributed by atoms with E-state index in [0.717, 1.165) is 16.9 Å². The van der Waals surface area contributed by atoms with Gasteiger partial charge in [-0.3, -0.25) is 4.79 Å². The molecule has 128 valence electrons. The molecule has 0 fully saturated rings. The van der Waals surface area contributed by atoms with Crippen LogP contribution in [0.15, 0.2) is 40.9 Å². The summed E-state index contributed by atoms with van der Waals surface area (Å²) in [7, 11) is 3.30. The van der Waals surface area contributed by atoms with Crippen LogP contribution in [0.4, 0.5) is 4.39 Å². The van der Waals surface area contributed by atoms with E-state index < -0.39 is 0 Å².